The van der Waals surface area contributed by atoms with Crippen LogP contribution in [-0.4, -0.2) is 11.5 Å². The Balaban J connectivity index is 2.00. The summed E-state index contributed by atoms with van der Waals surface area (Å²) in [5.41, 5.74) is 2.68. The molecule has 0 saturated carbocycles. The maximum absolute atomic E-state index is 4.18. The van der Waals surface area contributed by atoms with Crippen LogP contribution in [0.2, 0.25) is 0 Å². The molecule has 0 spiro atoms. The Bertz CT molecular complexity index is 484. The quantitative estimate of drug-likeness (QED) is 0.799. The van der Waals surface area contributed by atoms with Gasteiger partial charge in [-0.15, -0.1) is 0 Å². The summed E-state index contributed by atoms with van der Waals surface area (Å²) < 4.78 is 1.22. The van der Waals surface area contributed by atoms with E-state index in [0.29, 0.717) is 6.04 Å². The fraction of sp³-hybridized carbons (Fsp3) is 0.400. The van der Waals surface area contributed by atoms with Crippen molar-refractivity contribution in [2.45, 2.75) is 32.2 Å². The van der Waals surface area contributed by atoms with Crippen LogP contribution in [0, 0.1) is 0 Å². The summed E-state index contributed by atoms with van der Waals surface area (Å²) in [5, 5.41) is 8.03. The Morgan fingerprint density at radius 2 is 2.32 bits per heavy atom. The molecule has 102 valence electrons. The monoisotopic (exact) mass is 338 g/mol. The van der Waals surface area contributed by atoms with Gasteiger partial charge in [-0.3, -0.25) is 4.98 Å². The van der Waals surface area contributed by atoms with Crippen molar-refractivity contribution in [1.29, 1.82) is 0 Å². The average Bonchev–Trinajstić information content (AvgIpc) is 2.86. The standard InChI is InChI=1S/C15H19BrN2S/c1-2-7-18-15(13-10-19-11-14(13)16)6-5-12-4-3-8-17-9-12/h3-4,8-11,15,18H,2,5-7H2,1H3. The Labute approximate surface area is 127 Å². The number of hydrogen-bond donors (Lipinski definition) is 1. The maximum atomic E-state index is 4.18. The van der Waals surface area contributed by atoms with E-state index in [4.69, 9.17) is 0 Å². The van der Waals surface area contributed by atoms with Gasteiger partial charge in [0.05, 0.1) is 0 Å². The Kier molecular flexibility index (Phi) is 6.01. The zero-order valence-corrected chi connectivity index (χ0v) is 13.5. The lowest BCUT2D eigenvalue weighted by atomic mass is 10.0. The van der Waals surface area contributed by atoms with E-state index in [1.807, 2.05) is 18.5 Å². The molecule has 2 heterocycles. The smallest absolute Gasteiger partial charge is 0.0342 e. The molecule has 0 amide bonds. The van der Waals surface area contributed by atoms with Crippen LogP contribution < -0.4 is 5.32 Å². The SMILES string of the molecule is CCCNC(CCc1cccnc1)c1cscc1Br. The van der Waals surface area contributed by atoms with Gasteiger partial charge in [0.2, 0.25) is 0 Å². The van der Waals surface area contributed by atoms with Crippen LogP contribution in [0.15, 0.2) is 39.8 Å². The first-order chi connectivity index (χ1) is 9.31. The van der Waals surface area contributed by atoms with Crippen LogP contribution in [0.5, 0.6) is 0 Å². The lowest BCUT2D eigenvalue weighted by molar-refractivity contribution is 0.499. The minimum atomic E-state index is 0.417. The summed E-state index contributed by atoms with van der Waals surface area (Å²) in [6, 6.07) is 4.57. The van der Waals surface area contributed by atoms with E-state index in [1.54, 1.807) is 11.3 Å². The second-order valence-electron chi connectivity index (χ2n) is 4.58. The van der Waals surface area contributed by atoms with Gasteiger partial charge >= 0.3 is 0 Å². The molecular formula is C15H19BrN2S. The van der Waals surface area contributed by atoms with E-state index in [0.717, 1.165) is 25.8 Å². The summed E-state index contributed by atoms with van der Waals surface area (Å²) in [5.74, 6) is 0. The zero-order chi connectivity index (χ0) is 13.5. The fourth-order valence-corrected chi connectivity index (χ4v) is 3.71. The number of thiophene rings is 1. The van der Waals surface area contributed by atoms with Crippen molar-refractivity contribution >= 4 is 27.3 Å². The molecule has 0 bridgehead atoms. The van der Waals surface area contributed by atoms with Crippen LogP contribution in [0.1, 0.15) is 36.9 Å². The lowest BCUT2D eigenvalue weighted by Gasteiger charge is -2.18. The fourth-order valence-electron chi connectivity index (χ4n) is 2.08. The van der Waals surface area contributed by atoms with E-state index < -0.39 is 0 Å². The van der Waals surface area contributed by atoms with Crippen molar-refractivity contribution in [3.8, 4) is 0 Å². The van der Waals surface area contributed by atoms with Crippen molar-refractivity contribution in [3.05, 3.63) is 50.9 Å². The number of nitrogens with one attached hydrogen (secondary N) is 1. The van der Waals surface area contributed by atoms with E-state index in [1.165, 1.54) is 15.6 Å². The Hall–Kier alpha value is -0.710. The number of aryl methyl sites for hydroxylation is 1. The highest BCUT2D eigenvalue weighted by atomic mass is 79.9. The van der Waals surface area contributed by atoms with Gasteiger partial charge in [0, 0.05) is 28.3 Å². The first kappa shape index (κ1) is 14.7. The normalized spacial score (nSPS) is 12.5. The third kappa shape index (κ3) is 4.41. The van der Waals surface area contributed by atoms with Crippen LogP contribution >= 0.6 is 27.3 Å². The molecule has 4 heteroatoms. The van der Waals surface area contributed by atoms with E-state index in [-0.39, 0.29) is 0 Å². The van der Waals surface area contributed by atoms with Crippen LogP contribution in [0.25, 0.3) is 0 Å². The van der Waals surface area contributed by atoms with Gasteiger partial charge in [-0.2, -0.15) is 11.3 Å². The molecule has 1 atom stereocenters. The van der Waals surface area contributed by atoms with E-state index in [9.17, 15) is 0 Å². The number of pyridine rings is 1. The van der Waals surface area contributed by atoms with Crippen molar-refractivity contribution < 1.29 is 0 Å². The number of halogens is 1. The van der Waals surface area contributed by atoms with Gasteiger partial charge in [-0.05, 0) is 64.3 Å². The third-order valence-corrected chi connectivity index (χ3v) is 4.85. The highest BCUT2D eigenvalue weighted by Gasteiger charge is 2.14. The molecule has 1 N–H and O–H groups in total. The summed E-state index contributed by atoms with van der Waals surface area (Å²) in [6.45, 7) is 3.26. The van der Waals surface area contributed by atoms with Crippen molar-refractivity contribution in [2.24, 2.45) is 0 Å². The van der Waals surface area contributed by atoms with Crippen LogP contribution in [0.3, 0.4) is 0 Å². The maximum Gasteiger partial charge on any atom is 0.0342 e. The van der Waals surface area contributed by atoms with Crippen molar-refractivity contribution in [2.75, 3.05) is 6.54 Å². The molecule has 2 rings (SSSR count). The molecule has 2 aromatic heterocycles. The average molecular weight is 339 g/mol. The van der Waals surface area contributed by atoms with Gasteiger partial charge in [-0.25, -0.2) is 0 Å². The predicted octanol–water partition coefficient (Wildman–Crippen LogP) is 4.58. The third-order valence-electron chi connectivity index (χ3n) is 3.10. The molecule has 1 unspecified atom stereocenters. The molecule has 19 heavy (non-hydrogen) atoms. The van der Waals surface area contributed by atoms with Crippen molar-refractivity contribution in [3.63, 3.8) is 0 Å². The van der Waals surface area contributed by atoms with E-state index >= 15 is 0 Å². The molecule has 2 aromatic rings. The molecule has 0 aliphatic heterocycles. The minimum Gasteiger partial charge on any atom is -0.310 e. The Morgan fingerprint density at radius 1 is 1.42 bits per heavy atom. The molecule has 0 aromatic carbocycles. The minimum absolute atomic E-state index is 0.417. The van der Waals surface area contributed by atoms with Gasteiger partial charge in [0.1, 0.15) is 0 Å². The first-order valence-electron chi connectivity index (χ1n) is 6.65. The summed E-state index contributed by atoms with van der Waals surface area (Å²) in [6.07, 6.45) is 7.09. The number of hydrogen-bond acceptors (Lipinski definition) is 3. The summed E-state index contributed by atoms with van der Waals surface area (Å²) in [7, 11) is 0. The second-order valence-corrected chi connectivity index (χ2v) is 6.18. The van der Waals surface area contributed by atoms with Crippen LogP contribution in [-0.2, 0) is 6.42 Å². The molecule has 0 radical (unpaired) electrons. The van der Waals surface area contributed by atoms with Gasteiger partial charge < -0.3 is 5.32 Å². The van der Waals surface area contributed by atoms with Gasteiger partial charge in [0.25, 0.3) is 0 Å². The molecule has 0 saturated heterocycles. The largest absolute Gasteiger partial charge is 0.310 e. The number of rotatable bonds is 7. The first-order valence-corrected chi connectivity index (χ1v) is 8.38. The molecular weight excluding hydrogens is 320 g/mol. The molecule has 0 fully saturated rings. The highest BCUT2D eigenvalue weighted by molar-refractivity contribution is 9.10. The number of nitrogens with zero attached hydrogens (tertiary/aromatic N) is 1. The van der Waals surface area contributed by atoms with Gasteiger partial charge in [0.15, 0.2) is 0 Å². The van der Waals surface area contributed by atoms with Gasteiger partial charge in [-0.1, -0.05) is 13.0 Å². The summed E-state index contributed by atoms with van der Waals surface area (Å²) in [4.78, 5) is 4.18. The zero-order valence-electron chi connectivity index (χ0n) is 11.1. The topological polar surface area (TPSA) is 24.9 Å². The number of aromatic nitrogens is 1. The Morgan fingerprint density at radius 3 is 2.95 bits per heavy atom. The second kappa shape index (κ2) is 7.78. The molecule has 2 nitrogen and oxygen atoms in total. The van der Waals surface area contributed by atoms with Crippen LogP contribution in [0.4, 0.5) is 0 Å². The van der Waals surface area contributed by atoms with E-state index in [2.05, 4.69) is 50.0 Å². The van der Waals surface area contributed by atoms with Crippen molar-refractivity contribution in [1.82, 2.24) is 10.3 Å². The summed E-state index contributed by atoms with van der Waals surface area (Å²) >= 11 is 5.39. The molecule has 0 aliphatic rings. The molecule has 0 aliphatic carbocycles. The lowest BCUT2D eigenvalue weighted by Crippen LogP contribution is -2.22. The predicted molar refractivity (Wildman–Crippen MR) is 85.6 cm³/mol. The highest BCUT2D eigenvalue weighted by Crippen LogP contribution is 2.30.